The van der Waals surface area contributed by atoms with Gasteiger partial charge in [0.2, 0.25) is 5.91 Å². The molecule has 0 unspecified atom stereocenters. The number of pyridine rings is 1. The Morgan fingerprint density at radius 3 is 2.68 bits per heavy atom. The summed E-state index contributed by atoms with van der Waals surface area (Å²) in [6.07, 6.45) is 5.07. The van der Waals surface area contributed by atoms with Crippen molar-refractivity contribution in [3.63, 3.8) is 0 Å². The van der Waals surface area contributed by atoms with Gasteiger partial charge in [0, 0.05) is 25.0 Å². The molecule has 0 aliphatic rings. The summed E-state index contributed by atoms with van der Waals surface area (Å²) in [4.78, 5) is 15.8. The summed E-state index contributed by atoms with van der Waals surface area (Å²) in [5.74, 6) is -0.0924. The number of benzene rings is 1. The van der Waals surface area contributed by atoms with Crippen molar-refractivity contribution in [2.75, 3.05) is 0 Å². The van der Waals surface area contributed by atoms with E-state index >= 15 is 0 Å². The van der Waals surface area contributed by atoms with Gasteiger partial charge in [-0.05, 0) is 29.7 Å². The molecule has 1 heterocycles. The van der Waals surface area contributed by atoms with Gasteiger partial charge in [-0.15, -0.1) is 0 Å². The largest absolute Gasteiger partial charge is 0.348 e. The minimum absolute atomic E-state index is 0.0924. The number of amides is 1. The molecule has 1 N–H and O–H groups in total. The number of carbonyl (C=O) groups excluding carboxylic acids is 1. The van der Waals surface area contributed by atoms with E-state index in [0.717, 1.165) is 16.7 Å². The average Bonchev–Trinajstić information content (AvgIpc) is 2.47. The van der Waals surface area contributed by atoms with E-state index in [1.54, 1.807) is 18.5 Å². The first-order valence-corrected chi connectivity index (χ1v) is 6.16. The number of rotatable bonds is 4. The number of aromatic nitrogens is 1. The van der Waals surface area contributed by atoms with Crippen LogP contribution in [0.15, 0.2) is 60.9 Å². The van der Waals surface area contributed by atoms with E-state index in [0.29, 0.717) is 6.54 Å². The number of carbonyl (C=O) groups is 1. The van der Waals surface area contributed by atoms with Gasteiger partial charge in [-0.1, -0.05) is 36.4 Å². The third kappa shape index (κ3) is 4.07. The van der Waals surface area contributed by atoms with Crippen molar-refractivity contribution in [3.8, 4) is 0 Å². The predicted octanol–water partition coefficient (Wildman–Crippen LogP) is 2.80. The molecule has 0 saturated carbocycles. The first-order valence-electron chi connectivity index (χ1n) is 6.16. The lowest BCUT2D eigenvalue weighted by molar-refractivity contribution is -0.116. The molecule has 2 aromatic rings. The molecule has 3 nitrogen and oxygen atoms in total. The van der Waals surface area contributed by atoms with Gasteiger partial charge in [-0.3, -0.25) is 9.78 Å². The van der Waals surface area contributed by atoms with E-state index in [1.807, 2.05) is 49.4 Å². The molecule has 19 heavy (non-hydrogen) atoms. The Kier molecular flexibility index (Phi) is 4.45. The summed E-state index contributed by atoms with van der Waals surface area (Å²) < 4.78 is 0. The Labute approximate surface area is 113 Å². The first-order chi connectivity index (χ1) is 9.25. The highest BCUT2D eigenvalue weighted by atomic mass is 16.1. The topological polar surface area (TPSA) is 42.0 Å². The number of hydrogen-bond donors (Lipinski definition) is 1. The van der Waals surface area contributed by atoms with Gasteiger partial charge in [0.15, 0.2) is 0 Å². The summed E-state index contributed by atoms with van der Waals surface area (Å²) in [6, 6.07) is 13.6. The second kappa shape index (κ2) is 6.50. The van der Waals surface area contributed by atoms with Crippen LogP contribution in [0.25, 0.3) is 5.57 Å². The number of hydrogen-bond acceptors (Lipinski definition) is 2. The standard InChI is InChI=1S/C16H16N2O/c1-13(15-7-3-2-4-8-15)10-16(19)18-12-14-6-5-9-17-11-14/h2-11H,12H2,1H3,(H,18,19)/b13-10+. The van der Waals surface area contributed by atoms with E-state index in [4.69, 9.17) is 0 Å². The summed E-state index contributed by atoms with van der Waals surface area (Å²) in [5, 5.41) is 2.84. The third-order valence-corrected chi connectivity index (χ3v) is 2.77. The smallest absolute Gasteiger partial charge is 0.244 e. The quantitative estimate of drug-likeness (QED) is 0.850. The molecular weight excluding hydrogens is 236 g/mol. The van der Waals surface area contributed by atoms with Crippen LogP contribution < -0.4 is 5.32 Å². The molecule has 0 aliphatic carbocycles. The Hall–Kier alpha value is -2.42. The molecule has 0 saturated heterocycles. The molecule has 1 amide bonds. The third-order valence-electron chi connectivity index (χ3n) is 2.77. The van der Waals surface area contributed by atoms with Crippen LogP contribution in [-0.2, 0) is 11.3 Å². The van der Waals surface area contributed by atoms with Crippen molar-refractivity contribution in [2.24, 2.45) is 0 Å². The zero-order valence-corrected chi connectivity index (χ0v) is 10.8. The van der Waals surface area contributed by atoms with Crippen molar-refractivity contribution in [1.29, 1.82) is 0 Å². The van der Waals surface area contributed by atoms with Crippen LogP contribution in [0.5, 0.6) is 0 Å². The van der Waals surface area contributed by atoms with Gasteiger partial charge < -0.3 is 5.32 Å². The molecule has 0 spiro atoms. The molecule has 2 rings (SSSR count). The van der Waals surface area contributed by atoms with Crippen molar-refractivity contribution >= 4 is 11.5 Å². The van der Waals surface area contributed by atoms with Gasteiger partial charge in [-0.25, -0.2) is 0 Å². The lowest BCUT2D eigenvalue weighted by Crippen LogP contribution is -2.20. The first kappa shape index (κ1) is 13.0. The molecular formula is C16H16N2O. The number of nitrogens with one attached hydrogen (secondary N) is 1. The maximum atomic E-state index is 11.8. The van der Waals surface area contributed by atoms with E-state index in [2.05, 4.69) is 10.3 Å². The highest BCUT2D eigenvalue weighted by Crippen LogP contribution is 2.12. The van der Waals surface area contributed by atoms with E-state index in [1.165, 1.54) is 0 Å². The molecule has 1 aromatic carbocycles. The van der Waals surface area contributed by atoms with Crippen LogP contribution in [0.3, 0.4) is 0 Å². The Bertz CT molecular complexity index is 562. The molecule has 0 bridgehead atoms. The van der Waals surface area contributed by atoms with Crippen molar-refractivity contribution in [2.45, 2.75) is 13.5 Å². The van der Waals surface area contributed by atoms with E-state index in [9.17, 15) is 4.79 Å². The molecule has 1 aromatic heterocycles. The van der Waals surface area contributed by atoms with Gasteiger partial charge in [0.1, 0.15) is 0 Å². The second-order valence-corrected chi connectivity index (χ2v) is 4.27. The van der Waals surface area contributed by atoms with Crippen molar-refractivity contribution < 1.29 is 4.79 Å². The Morgan fingerprint density at radius 2 is 2.00 bits per heavy atom. The van der Waals surface area contributed by atoms with Crippen LogP contribution in [0.4, 0.5) is 0 Å². The highest BCUT2D eigenvalue weighted by molar-refractivity contribution is 5.94. The van der Waals surface area contributed by atoms with Gasteiger partial charge in [0.05, 0.1) is 0 Å². The molecule has 3 heteroatoms. The SMILES string of the molecule is C/C(=C\C(=O)NCc1cccnc1)c1ccccc1. The minimum atomic E-state index is -0.0924. The summed E-state index contributed by atoms with van der Waals surface area (Å²) in [6.45, 7) is 2.42. The predicted molar refractivity (Wildman–Crippen MR) is 76.2 cm³/mol. The van der Waals surface area contributed by atoms with E-state index < -0.39 is 0 Å². The lowest BCUT2D eigenvalue weighted by atomic mass is 10.1. The fraction of sp³-hybridized carbons (Fsp3) is 0.125. The summed E-state index contributed by atoms with van der Waals surface area (Å²) in [7, 11) is 0. The highest BCUT2D eigenvalue weighted by Gasteiger charge is 2.00. The summed E-state index contributed by atoms with van der Waals surface area (Å²) in [5.41, 5.74) is 2.99. The van der Waals surface area contributed by atoms with Gasteiger partial charge >= 0.3 is 0 Å². The molecule has 0 atom stereocenters. The molecule has 0 radical (unpaired) electrons. The zero-order valence-electron chi connectivity index (χ0n) is 10.8. The summed E-state index contributed by atoms with van der Waals surface area (Å²) >= 11 is 0. The molecule has 0 aliphatic heterocycles. The maximum Gasteiger partial charge on any atom is 0.244 e. The van der Waals surface area contributed by atoms with Crippen LogP contribution in [-0.4, -0.2) is 10.9 Å². The van der Waals surface area contributed by atoms with Crippen LogP contribution in [0.2, 0.25) is 0 Å². The van der Waals surface area contributed by atoms with Crippen LogP contribution in [0, 0.1) is 0 Å². The van der Waals surface area contributed by atoms with Crippen LogP contribution in [0.1, 0.15) is 18.1 Å². The zero-order chi connectivity index (χ0) is 13.5. The average molecular weight is 252 g/mol. The monoisotopic (exact) mass is 252 g/mol. The maximum absolute atomic E-state index is 11.8. The lowest BCUT2D eigenvalue weighted by Gasteiger charge is -2.04. The normalized spacial score (nSPS) is 11.1. The minimum Gasteiger partial charge on any atom is -0.348 e. The fourth-order valence-corrected chi connectivity index (χ4v) is 1.72. The second-order valence-electron chi connectivity index (χ2n) is 4.27. The molecule has 0 fully saturated rings. The number of nitrogens with zero attached hydrogens (tertiary/aromatic N) is 1. The molecule has 96 valence electrons. The van der Waals surface area contributed by atoms with Gasteiger partial charge in [0.25, 0.3) is 0 Å². The Balaban J connectivity index is 1.94. The van der Waals surface area contributed by atoms with E-state index in [-0.39, 0.29) is 5.91 Å². The van der Waals surface area contributed by atoms with Crippen molar-refractivity contribution in [3.05, 3.63) is 72.1 Å². The Morgan fingerprint density at radius 1 is 1.21 bits per heavy atom. The fourth-order valence-electron chi connectivity index (χ4n) is 1.72. The number of allylic oxidation sites excluding steroid dienone is 1. The van der Waals surface area contributed by atoms with Gasteiger partial charge in [-0.2, -0.15) is 0 Å². The van der Waals surface area contributed by atoms with Crippen molar-refractivity contribution in [1.82, 2.24) is 10.3 Å². The van der Waals surface area contributed by atoms with Crippen LogP contribution >= 0.6 is 0 Å².